The summed E-state index contributed by atoms with van der Waals surface area (Å²) in [6.07, 6.45) is 2.60. The van der Waals surface area contributed by atoms with Crippen LogP contribution < -0.4 is 10.6 Å². The molecule has 1 amide bonds. The first kappa shape index (κ1) is 15.9. The number of nitrogens with zero attached hydrogens (tertiary/aromatic N) is 2. The fourth-order valence-corrected chi connectivity index (χ4v) is 2.58. The molecule has 0 unspecified atom stereocenters. The van der Waals surface area contributed by atoms with Gasteiger partial charge in [-0.2, -0.15) is 0 Å². The topological polar surface area (TPSA) is 82.7 Å². The van der Waals surface area contributed by atoms with Crippen LogP contribution in [0.4, 0.5) is 10.5 Å². The van der Waals surface area contributed by atoms with Crippen LogP contribution >= 0.6 is 0 Å². The van der Waals surface area contributed by atoms with Gasteiger partial charge in [0, 0.05) is 38.1 Å². The Morgan fingerprint density at radius 1 is 1.36 bits per heavy atom. The van der Waals surface area contributed by atoms with Crippen molar-refractivity contribution in [2.45, 2.75) is 13.5 Å². The Morgan fingerprint density at radius 2 is 2.09 bits per heavy atom. The number of hydrogen-bond acceptors (Lipinski definition) is 5. The molecule has 6 heteroatoms. The molecule has 118 valence electrons. The number of rotatable bonds is 5. The first-order chi connectivity index (χ1) is 10.6. The minimum Gasteiger partial charge on any atom is -0.445 e. The number of piperazine rings is 1. The van der Waals surface area contributed by atoms with Gasteiger partial charge in [0.15, 0.2) is 0 Å². The molecule has 0 bridgehead atoms. The van der Waals surface area contributed by atoms with E-state index in [0.29, 0.717) is 0 Å². The summed E-state index contributed by atoms with van der Waals surface area (Å²) in [6.45, 7) is 5.71. The van der Waals surface area contributed by atoms with Gasteiger partial charge >= 0.3 is 6.09 Å². The number of carbonyl (C=O) groups is 1. The zero-order valence-electron chi connectivity index (χ0n) is 12.8. The largest absolute Gasteiger partial charge is 0.445 e. The van der Waals surface area contributed by atoms with Crippen LogP contribution in [0, 0.1) is 5.41 Å². The molecule has 22 heavy (non-hydrogen) atoms. The number of anilines is 1. The van der Waals surface area contributed by atoms with E-state index in [9.17, 15) is 4.79 Å². The fourth-order valence-electron chi connectivity index (χ4n) is 2.58. The number of nitrogens with two attached hydrogens (primary N) is 1. The molecule has 6 nitrogen and oxygen atoms in total. The summed E-state index contributed by atoms with van der Waals surface area (Å²) in [5, 5.41) is 7.42. The molecule has 0 saturated carbocycles. The van der Waals surface area contributed by atoms with E-state index in [0.717, 1.165) is 43.1 Å². The number of carbonyl (C=O) groups excluding carboxylic acids is 1. The first-order valence-electron chi connectivity index (χ1n) is 7.32. The summed E-state index contributed by atoms with van der Waals surface area (Å²) in [5.41, 5.74) is 7.99. The average Bonchev–Trinajstić information content (AvgIpc) is 2.55. The molecule has 1 aliphatic heterocycles. The Balaban J connectivity index is 1.97. The van der Waals surface area contributed by atoms with E-state index in [4.69, 9.17) is 15.9 Å². The smallest absolute Gasteiger partial charge is 0.404 e. The molecule has 1 heterocycles. The zero-order chi connectivity index (χ0) is 15.9. The van der Waals surface area contributed by atoms with Crippen LogP contribution in [0.1, 0.15) is 12.5 Å². The minimum absolute atomic E-state index is 0.194. The van der Waals surface area contributed by atoms with Crippen molar-refractivity contribution >= 4 is 18.0 Å². The summed E-state index contributed by atoms with van der Waals surface area (Å²) < 4.78 is 4.83. The Kier molecular flexibility index (Phi) is 5.41. The van der Waals surface area contributed by atoms with Crippen LogP contribution in [0.25, 0.3) is 0 Å². The lowest BCUT2D eigenvalue weighted by Gasteiger charge is -2.37. The van der Waals surface area contributed by atoms with Gasteiger partial charge in [0.05, 0.1) is 5.70 Å². The standard InChI is InChI=1S/C16H22N4O2/c1-2-14(11-17)19-6-8-20(9-7-19)15-5-3-4-13(10-15)12-22-16(18)21/h2-5,10-11,17H,6-9,12H2,1H3,(H2,18,21)/b14-2+,17-11?. The van der Waals surface area contributed by atoms with Gasteiger partial charge in [0.2, 0.25) is 0 Å². The highest BCUT2D eigenvalue weighted by Crippen LogP contribution is 2.19. The summed E-state index contributed by atoms with van der Waals surface area (Å²) in [5.74, 6) is 0. The monoisotopic (exact) mass is 302 g/mol. The van der Waals surface area contributed by atoms with Crippen LogP contribution in [0.3, 0.4) is 0 Å². The maximum absolute atomic E-state index is 10.7. The predicted molar refractivity (Wildman–Crippen MR) is 87.1 cm³/mol. The third kappa shape index (κ3) is 4.00. The van der Waals surface area contributed by atoms with Crippen LogP contribution in [-0.2, 0) is 11.3 Å². The molecular formula is C16H22N4O2. The molecule has 3 N–H and O–H groups in total. The van der Waals surface area contributed by atoms with Crippen LogP contribution in [0.15, 0.2) is 36.0 Å². The molecule has 0 aliphatic carbocycles. The van der Waals surface area contributed by atoms with Gasteiger partial charge in [0.1, 0.15) is 6.61 Å². The Morgan fingerprint density at radius 3 is 2.68 bits per heavy atom. The summed E-state index contributed by atoms with van der Waals surface area (Å²) in [7, 11) is 0. The van der Waals surface area contributed by atoms with Crippen LogP contribution in [0.5, 0.6) is 0 Å². The van der Waals surface area contributed by atoms with Crippen molar-refractivity contribution in [3.8, 4) is 0 Å². The van der Waals surface area contributed by atoms with E-state index in [1.807, 2.05) is 31.2 Å². The van der Waals surface area contributed by atoms with E-state index in [-0.39, 0.29) is 6.61 Å². The molecule has 1 aromatic rings. The van der Waals surface area contributed by atoms with Gasteiger partial charge in [0.25, 0.3) is 0 Å². The number of allylic oxidation sites excluding steroid dienone is 2. The van der Waals surface area contributed by atoms with E-state index in [2.05, 4.69) is 15.9 Å². The predicted octanol–water partition coefficient (Wildman–Crippen LogP) is 1.96. The van der Waals surface area contributed by atoms with Crippen LogP contribution in [0.2, 0.25) is 0 Å². The third-order valence-corrected chi connectivity index (χ3v) is 3.75. The molecule has 0 atom stereocenters. The SMILES string of the molecule is C/C=C(\C=N)N1CCN(c2cccc(COC(N)=O)c2)CC1. The summed E-state index contributed by atoms with van der Waals surface area (Å²) in [4.78, 5) is 15.2. The normalized spacial score (nSPS) is 15.6. The van der Waals surface area contributed by atoms with Gasteiger partial charge < -0.3 is 25.7 Å². The van der Waals surface area contributed by atoms with E-state index in [1.165, 1.54) is 6.21 Å². The molecule has 1 aliphatic rings. The van der Waals surface area contributed by atoms with Gasteiger partial charge in [-0.05, 0) is 24.6 Å². The third-order valence-electron chi connectivity index (χ3n) is 3.75. The first-order valence-corrected chi connectivity index (χ1v) is 7.32. The number of hydrogen-bond donors (Lipinski definition) is 2. The van der Waals surface area contributed by atoms with E-state index in [1.54, 1.807) is 0 Å². The number of benzene rings is 1. The van der Waals surface area contributed by atoms with Crippen molar-refractivity contribution in [2.24, 2.45) is 5.73 Å². The minimum atomic E-state index is -0.760. The second kappa shape index (κ2) is 7.49. The number of primary amides is 1. The molecule has 2 rings (SSSR count). The summed E-state index contributed by atoms with van der Waals surface area (Å²) >= 11 is 0. The maximum atomic E-state index is 10.7. The molecule has 0 radical (unpaired) electrons. The summed E-state index contributed by atoms with van der Waals surface area (Å²) in [6, 6.07) is 7.94. The van der Waals surface area contributed by atoms with Crippen molar-refractivity contribution in [1.82, 2.24) is 4.90 Å². The Hall–Kier alpha value is -2.50. The lowest BCUT2D eigenvalue weighted by atomic mass is 10.1. The number of nitrogens with one attached hydrogen (secondary N) is 1. The van der Waals surface area contributed by atoms with Crippen molar-refractivity contribution < 1.29 is 9.53 Å². The van der Waals surface area contributed by atoms with Crippen molar-refractivity contribution in [2.75, 3.05) is 31.1 Å². The Labute approximate surface area is 130 Å². The highest BCUT2D eigenvalue weighted by Gasteiger charge is 2.18. The highest BCUT2D eigenvalue weighted by molar-refractivity contribution is 5.74. The highest BCUT2D eigenvalue weighted by atomic mass is 16.5. The Bertz CT molecular complexity index is 563. The molecule has 1 saturated heterocycles. The molecule has 1 aromatic carbocycles. The van der Waals surface area contributed by atoms with E-state index >= 15 is 0 Å². The van der Waals surface area contributed by atoms with Crippen LogP contribution in [-0.4, -0.2) is 43.4 Å². The van der Waals surface area contributed by atoms with Crippen molar-refractivity contribution in [3.05, 3.63) is 41.6 Å². The number of amides is 1. The van der Waals surface area contributed by atoms with Crippen molar-refractivity contribution in [1.29, 1.82) is 5.41 Å². The second-order valence-corrected chi connectivity index (χ2v) is 5.11. The fraction of sp³-hybridized carbons (Fsp3) is 0.375. The number of ether oxygens (including phenoxy) is 1. The quantitative estimate of drug-likeness (QED) is 0.815. The van der Waals surface area contributed by atoms with Gasteiger partial charge in [-0.1, -0.05) is 18.2 Å². The maximum Gasteiger partial charge on any atom is 0.404 e. The molecule has 1 fully saturated rings. The van der Waals surface area contributed by atoms with Gasteiger partial charge in [-0.3, -0.25) is 0 Å². The zero-order valence-corrected chi connectivity index (χ0v) is 12.8. The molecular weight excluding hydrogens is 280 g/mol. The van der Waals surface area contributed by atoms with Gasteiger partial charge in [-0.25, -0.2) is 4.79 Å². The van der Waals surface area contributed by atoms with E-state index < -0.39 is 6.09 Å². The molecule has 0 spiro atoms. The van der Waals surface area contributed by atoms with Crippen molar-refractivity contribution in [3.63, 3.8) is 0 Å². The van der Waals surface area contributed by atoms with Gasteiger partial charge in [-0.15, -0.1) is 0 Å². The average molecular weight is 302 g/mol. The molecule has 0 aromatic heterocycles. The lowest BCUT2D eigenvalue weighted by Crippen LogP contribution is -2.46. The lowest BCUT2D eigenvalue weighted by molar-refractivity contribution is 0.150. The second-order valence-electron chi connectivity index (χ2n) is 5.11.